The summed E-state index contributed by atoms with van der Waals surface area (Å²) in [6.45, 7) is 0. The summed E-state index contributed by atoms with van der Waals surface area (Å²) in [5.41, 5.74) is 7.30. The summed E-state index contributed by atoms with van der Waals surface area (Å²) < 4.78 is 0. The summed E-state index contributed by atoms with van der Waals surface area (Å²) >= 11 is 0. The van der Waals surface area contributed by atoms with Crippen LogP contribution >= 0.6 is 24.8 Å². The Bertz CT molecular complexity index is 334. The first kappa shape index (κ1) is 17.4. The van der Waals surface area contributed by atoms with E-state index in [9.17, 15) is 4.79 Å². The van der Waals surface area contributed by atoms with Crippen LogP contribution in [-0.4, -0.2) is 24.2 Å². The monoisotopic (exact) mass is 266 g/mol. The molecule has 0 fully saturated rings. The second kappa shape index (κ2) is 8.21. The van der Waals surface area contributed by atoms with Crippen LogP contribution in [0.5, 0.6) is 0 Å². The number of aliphatic carboxylic acids is 1. The highest BCUT2D eigenvalue weighted by molar-refractivity contribution is 5.85. The first-order chi connectivity index (χ1) is 6.63. The minimum absolute atomic E-state index is 0. The normalized spacial score (nSPS) is 10.6. The van der Waals surface area contributed by atoms with Crippen molar-refractivity contribution in [3.63, 3.8) is 0 Å². The summed E-state index contributed by atoms with van der Waals surface area (Å²) in [7, 11) is 1.82. The van der Waals surface area contributed by atoms with Gasteiger partial charge in [0.25, 0.3) is 0 Å². The Morgan fingerprint density at radius 1 is 1.50 bits per heavy atom. The molecule has 0 aliphatic heterocycles. The van der Waals surface area contributed by atoms with E-state index < -0.39 is 12.0 Å². The molecule has 1 atom stereocenters. The molecule has 0 amide bonds. The average molecular weight is 267 g/mol. The Morgan fingerprint density at radius 3 is 2.62 bits per heavy atom. The standard InChI is InChI=1S/C10H14N2O2.2ClH/c1-12-8-4-2-3-7(5-8)6-9(11)10(13)14;;/h2-5,9,12H,6,11H2,1H3,(H,13,14);2*1H/t9-;;/m1../s1. The van der Waals surface area contributed by atoms with Crippen LogP contribution in [0.1, 0.15) is 5.56 Å². The van der Waals surface area contributed by atoms with Crippen molar-refractivity contribution in [2.24, 2.45) is 5.73 Å². The zero-order valence-corrected chi connectivity index (χ0v) is 10.5. The topological polar surface area (TPSA) is 75.3 Å². The average Bonchev–Trinajstić information content (AvgIpc) is 2.18. The highest BCUT2D eigenvalue weighted by Gasteiger charge is 2.11. The van der Waals surface area contributed by atoms with Crippen molar-refractivity contribution in [3.05, 3.63) is 29.8 Å². The van der Waals surface area contributed by atoms with Crippen molar-refractivity contribution in [2.75, 3.05) is 12.4 Å². The predicted molar refractivity (Wildman–Crippen MR) is 69.8 cm³/mol. The van der Waals surface area contributed by atoms with Gasteiger partial charge in [0.15, 0.2) is 0 Å². The molecule has 6 heteroatoms. The third-order valence-corrected chi connectivity index (χ3v) is 1.99. The van der Waals surface area contributed by atoms with Gasteiger partial charge in [-0.15, -0.1) is 24.8 Å². The van der Waals surface area contributed by atoms with Crippen LogP contribution < -0.4 is 11.1 Å². The predicted octanol–water partition coefficient (Wildman–Crippen LogP) is 1.53. The van der Waals surface area contributed by atoms with E-state index in [2.05, 4.69) is 5.32 Å². The van der Waals surface area contributed by atoms with Gasteiger partial charge in [-0.1, -0.05) is 12.1 Å². The number of nitrogens with one attached hydrogen (secondary N) is 1. The SMILES string of the molecule is CNc1cccc(C[C@@H](N)C(=O)O)c1.Cl.Cl. The second-order valence-electron chi connectivity index (χ2n) is 3.10. The van der Waals surface area contributed by atoms with Crippen LogP contribution in [0.25, 0.3) is 0 Å². The maximum Gasteiger partial charge on any atom is 0.320 e. The summed E-state index contributed by atoms with van der Waals surface area (Å²) in [5.74, 6) is -0.972. The zero-order valence-electron chi connectivity index (χ0n) is 8.84. The zero-order chi connectivity index (χ0) is 10.6. The number of carboxylic acid groups (broad SMARTS) is 1. The highest BCUT2D eigenvalue weighted by Crippen LogP contribution is 2.10. The Labute approximate surface area is 107 Å². The third kappa shape index (κ3) is 5.21. The second-order valence-corrected chi connectivity index (χ2v) is 3.10. The molecule has 0 saturated heterocycles. The van der Waals surface area contributed by atoms with E-state index in [-0.39, 0.29) is 24.8 Å². The van der Waals surface area contributed by atoms with Gasteiger partial charge in [0.05, 0.1) is 0 Å². The molecular formula is C10H16Cl2N2O2. The molecule has 0 aliphatic rings. The van der Waals surface area contributed by atoms with Gasteiger partial charge in [-0.25, -0.2) is 0 Å². The Kier molecular flexibility index (Phi) is 8.95. The Hall–Kier alpha value is -0.970. The fourth-order valence-corrected chi connectivity index (χ4v) is 1.20. The fourth-order valence-electron chi connectivity index (χ4n) is 1.20. The Balaban J connectivity index is 0. The molecule has 0 bridgehead atoms. The minimum atomic E-state index is -0.972. The lowest BCUT2D eigenvalue weighted by molar-refractivity contribution is -0.138. The number of nitrogens with two attached hydrogens (primary N) is 1. The maximum absolute atomic E-state index is 10.5. The van der Waals surface area contributed by atoms with Gasteiger partial charge in [-0.2, -0.15) is 0 Å². The van der Waals surface area contributed by atoms with Gasteiger partial charge in [0.2, 0.25) is 0 Å². The molecule has 1 aromatic rings. The largest absolute Gasteiger partial charge is 0.480 e. The summed E-state index contributed by atoms with van der Waals surface area (Å²) in [4.78, 5) is 10.5. The lowest BCUT2D eigenvalue weighted by Gasteiger charge is -2.07. The van der Waals surface area contributed by atoms with E-state index in [4.69, 9.17) is 10.8 Å². The number of anilines is 1. The minimum Gasteiger partial charge on any atom is -0.480 e. The van der Waals surface area contributed by atoms with E-state index in [0.29, 0.717) is 6.42 Å². The molecule has 0 saturated carbocycles. The van der Waals surface area contributed by atoms with Crippen LogP contribution in [0, 0.1) is 0 Å². The third-order valence-electron chi connectivity index (χ3n) is 1.99. The first-order valence-corrected chi connectivity index (χ1v) is 4.38. The van der Waals surface area contributed by atoms with Gasteiger partial charge >= 0.3 is 5.97 Å². The van der Waals surface area contributed by atoms with Crippen molar-refractivity contribution in [1.29, 1.82) is 0 Å². The number of halogens is 2. The first-order valence-electron chi connectivity index (χ1n) is 4.38. The smallest absolute Gasteiger partial charge is 0.320 e. The molecule has 92 valence electrons. The van der Waals surface area contributed by atoms with Crippen LogP contribution in [0.3, 0.4) is 0 Å². The van der Waals surface area contributed by atoms with Crippen molar-refractivity contribution >= 4 is 36.5 Å². The van der Waals surface area contributed by atoms with Crippen LogP contribution in [0.15, 0.2) is 24.3 Å². The molecule has 16 heavy (non-hydrogen) atoms. The quantitative estimate of drug-likeness (QED) is 0.773. The number of carbonyl (C=O) groups is 1. The number of hydrogen-bond acceptors (Lipinski definition) is 3. The molecule has 1 rings (SSSR count). The lowest BCUT2D eigenvalue weighted by atomic mass is 10.1. The molecule has 0 unspecified atom stereocenters. The number of hydrogen-bond donors (Lipinski definition) is 3. The van der Waals surface area contributed by atoms with Crippen LogP contribution in [0.2, 0.25) is 0 Å². The lowest BCUT2D eigenvalue weighted by Crippen LogP contribution is -2.32. The van der Waals surface area contributed by atoms with Gasteiger partial charge in [-0.05, 0) is 24.1 Å². The summed E-state index contributed by atoms with van der Waals surface area (Å²) in [6.07, 6.45) is 0.352. The van der Waals surface area contributed by atoms with Gasteiger partial charge in [0.1, 0.15) is 6.04 Å². The number of rotatable bonds is 4. The van der Waals surface area contributed by atoms with E-state index in [0.717, 1.165) is 11.3 Å². The van der Waals surface area contributed by atoms with Crippen LogP contribution in [-0.2, 0) is 11.2 Å². The molecule has 4 nitrogen and oxygen atoms in total. The molecule has 0 spiro atoms. The van der Waals surface area contributed by atoms with Crippen LogP contribution in [0.4, 0.5) is 5.69 Å². The fraction of sp³-hybridized carbons (Fsp3) is 0.300. The number of benzene rings is 1. The Morgan fingerprint density at radius 2 is 2.12 bits per heavy atom. The van der Waals surface area contributed by atoms with E-state index >= 15 is 0 Å². The van der Waals surface area contributed by atoms with Gasteiger partial charge in [-0.3, -0.25) is 4.79 Å². The van der Waals surface area contributed by atoms with Crippen molar-refractivity contribution in [1.82, 2.24) is 0 Å². The maximum atomic E-state index is 10.5. The molecule has 0 heterocycles. The summed E-state index contributed by atoms with van der Waals surface area (Å²) in [6, 6.07) is 6.71. The molecule has 0 aliphatic carbocycles. The van der Waals surface area contributed by atoms with Crippen molar-refractivity contribution in [2.45, 2.75) is 12.5 Å². The van der Waals surface area contributed by atoms with Crippen molar-refractivity contribution < 1.29 is 9.90 Å². The molecule has 0 radical (unpaired) electrons. The van der Waals surface area contributed by atoms with Gasteiger partial charge in [0, 0.05) is 12.7 Å². The van der Waals surface area contributed by atoms with E-state index in [1.807, 2.05) is 31.3 Å². The molecule has 0 aromatic heterocycles. The molecule has 1 aromatic carbocycles. The van der Waals surface area contributed by atoms with E-state index in [1.165, 1.54) is 0 Å². The summed E-state index contributed by atoms with van der Waals surface area (Å²) in [5, 5.41) is 11.6. The van der Waals surface area contributed by atoms with Crippen molar-refractivity contribution in [3.8, 4) is 0 Å². The molecular weight excluding hydrogens is 251 g/mol. The van der Waals surface area contributed by atoms with E-state index in [1.54, 1.807) is 0 Å². The highest BCUT2D eigenvalue weighted by atomic mass is 35.5. The number of carboxylic acids is 1. The van der Waals surface area contributed by atoms with Gasteiger partial charge < -0.3 is 16.2 Å². The molecule has 4 N–H and O–H groups in total.